The van der Waals surface area contributed by atoms with Crippen molar-refractivity contribution in [1.82, 2.24) is 15.2 Å². The molecule has 0 atom stereocenters. The number of hydrogen-bond donors (Lipinski definition) is 2. The maximum atomic E-state index is 6.09. The van der Waals surface area contributed by atoms with Crippen molar-refractivity contribution in [2.45, 2.75) is 19.4 Å². The van der Waals surface area contributed by atoms with E-state index in [0.717, 1.165) is 43.4 Å². The summed E-state index contributed by atoms with van der Waals surface area (Å²) in [7, 11) is 3.64. The third-order valence-electron chi connectivity index (χ3n) is 4.34. The SMILES string of the molecule is CN=C(NCCc1ccc2c(c1)CCO2)NCc1cc(Cl)c(Cl)n1C.I. The van der Waals surface area contributed by atoms with Crippen LogP contribution >= 0.6 is 47.2 Å². The van der Waals surface area contributed by atoms with Crippen LogP contribution in [0.3, 0.4) is 0 Å². The van der Waals surface area contributed by atoms with Gasteiger partial charge >= 0.3 is 0 Å². The standard InChI is InChI=1S/C18H22Cl2N4O.HI/c1-21-18(23-11-14-10-15(19)17(20)24(14)2)22-7-5-12-3-4-16-13(9-12)6-8-25-16;/h3-4,9-10H,5-8,11H2,1-2H3,(H2,21,22,23);1H. The van der Waals surface area contributed by atoms with E-state index >= 15 is 0 Å². The normalized spacial score (nSPS) is 13.0. The number of benzene rings is 1. The Hall–Kier alpha value is -1.12. The van der Waals surface area contributed by atoms with Gasteiger partial charge in [0.2, 0.25) is 0 Å². The summed E-state index contributed by atoms with van der Waals surface area (Å²) in [5, 5.41) is 7.71. The first-order valence-corrected chi connectivity index (χ1v) is 9.03. The topological polar surface area (TPSA) is 50.6 Å². The minimum absolute atomic E-state index is 0. The van der Waals surface area contributed by atoms with Crippen LogP contribution in [-0.4, -0.2) is 30.7 Å². The molecule has 0 aliphatic carbocycles. The van der Waals surface area contributed by atoms with E-state index in [2.05, 4.69) is 33.8 Å². The van der Waals surface area contributed by atoms with E-state index in [1.807, 2.05) is 17.7 Å². The molecule has 142 valence electrons. The zero-order chi connectivity index (χ0) is 17.8. The van der Waals surface area contributed by atoms with Gasteiger partial charge in [-0.05, 0) is 29.7 Å². The van der Waals surface area contributed by atoms with Crippen molar-refractivity contribution < 1.29 is 4.74 Å². The first-order chi connectivity index (χ1) is 12.1. The molecular formula is C18H23Cl2IN4O. The van der Waals surface area contributed by atoms with Crippen molar-refractivity contribution in [3.8, 4) is 5.75 Å². The third-order valence-corrected chi connectivity index (χ3v) is 5.18. The van der Waals surface area contributed by atoms with Crippen molar-refractivity contribution in [2.75, 3.05) is 20.2 Å². The minimum Gasteiger partial charge on any atom is -0.493 e. The Balaban J connectivity index is 0.00000243. The number of rotatable bonds is 5. The Labute approximate surface area is 181 Å². The van der Waals surface area contributed by atoms with Crippen LogP contribution in [0.15, 0.2) is 29.3 Å². The second kappa shape index (κ2) is 9.71. The molecule has 0 radical (unpaired) electrons. The Morgan fingerprint density at radius 2 is 2.08 bits per heavy atom. The van der Waals surface area contributed by atoms with Gasteiger partial charge in [0.25, 0.3) is 0 Å². The first kappa shape index (κ1) is 21.2. The molecular weight excluding hydrogens is 486 g/mol. The quantitative estimate of drug-likeness (QED) is 0.367. The van der Waals surface area contributed by atoms with Crippen LogP contribution in [0.2, 0.25) is 10.2 Å². The second-order valence-corrected chi connectivity index (χ2v) is 6.74. The van der Waals surface area contributed by atoms with Crippen LogP contribution in [0.5, 0.6) is 5.75 Å². The highest BCUT2D eigenvalue weighted by Gasteiger charge is 2.12. The molecule has 0 fully saturated rings. The molecule has 8 heteroatoms. The van der Waals surface area contributed by atoms with Crippen LogP contribution in [0.25, 0.3) is 0 Å². The highest BCUT2D eigenvalue weighted by molar-refractivity contribution is 14.0. The molecule has 0 unspecified atom stereocenters. The molecule has 0 amide bonds. The lowest BCUT2D eigenvalue weighted by Crippen LogP contribution is -2.38. The number of halogens is 3. The van der Waals surface area contributed by atoms with Crippen molar-refractivity contribution >= 4 is 53.1 Å². The summed E-state index contributed by atoms with van der Waals surface area (Å²) in [6.45, 7) is 2.19. The summed E-state index contributed by atoms with van der Waals surface area (Å²) in [6.07, 6.45) is 1.93. The Morgan fingerprint density at radius 1 is 1.27 bits per heavy atom. The van der Waals surface area contributed by atoms with Crippen LogP contribution < -0.4 is 15.4 Å². The van der Waals surface area contributed by atoms with Crippen LogP contribution in [-0.2, 0) is 26.4 Å². The maximum Gasteiger partial charge on any atom is 0.191 e. The number of hydrogen-bond acceptors (Lipinski definition) is 2. The van der Waals surface area contributed by atoms with Gasteiger partial charge in [-0.2, -0.15) is 0 Å². The highest BCUT2D eigenvalue weighted by Crippen LogP contribution is 2.26. The van der Waals surface area contributed by atoms with Gasteiger partial charge in [-0.3, -0.25) is 4.99 Å². The van der Waals surface area contributed by atoms with Gasteiger partial charge in [-0.15, -0.1) is 24.0 Å². The summed E-state index contributed by atoms with van der Waals surface area (Å²) in [6, 6.07) is 8.27. The maximum absolute atomic E-state index is 6.09. The van der Waals surface area contributed by atoms with Gasteiger partial charge in [0.15, 0.2) is 5.96 Å². The van der Waals surface area contributed by atoms with E-state index < -0.39 is 0 Å². The van der Waals surface area contributed by atoms with Gasteiger partial charge in [0.05, 0.1) is 18.2 Å². The minimum atomic E-state index is 0. The summed E-state index contributed by atoms with van der Waals surface area (Å²) >= 11 is 12.1. The Morgan fingerprint density at radius 3 is 2.77 bits per heavy atom. The Kier molecular flexibility index (Phi) is 7.91. The molecule has 0 spiro atoms. The number of guanidine groups is 1. The van der Waals surface area contributed by atoms with Crippen LogP contribution in [0.4, 0.5) is 0 Å². The average molecular weight is 509 g/mol. The number of nitrogens with zero attached hydrogens (tertiary/aromatic N) is 2. The van der Waals surface area contributed by atoms with E-state index in [1.165, 1.54) is 11.1 Å². The number of ether oxygens (including phenoxy) is 1. The smallest absolute Gasteiger partial charge is 0.191 e. The number of fused-ring (bicyclic) bond motifs is 1. The molecule has 2 aromatic rings. The van der Waals surface area contributed by atoms with E-state index in [4.69, 9.17) is 27.9 Å². The molecule has 0 bridgehead atoms. The van der Waals surface area contributed by atoms with E-state index in [1.54, 1.807) is 7.05 Å². The van der Waals surface area contributed by atoms with E-state index in [9.17, 15) is 0 Å². The fourth-order valence-corrected chi connectivity index (χ4v) is 3.29. The summed E-state index contributed by atoms with van der Waals surface area (Å²) < 4.78 is 7.40. The fourth-order valence-electron chi connectivity index (χ4n) is 2.87. The largest absolute Gasteiger partial charge is 0.493 e. The predicted octanol–water partition coefficient (Wildman–Crippen LogP) is 3.79. The molecule has 0 saturated carbocycles. The molecule has 5 nitrogen and oxygen atoms in total. The first-order valence-electron chi connectivity index (χ1n) is 8.27. The average Bonchev–Trinajstić information content (AvgIpc) is 3.18. The van der Waals surface area contributed by atoms with Crippen molar-refractivity contribution in [3.05, 3.63) is 51.3 Å². The van der Waals surface area contributed by atoms with Gasteiger partial charge in [0.1, 0.15) is 10.9 Å². The Bertz CT molecular complexity index is 792. The molecule has 1 aromatic carbocycles. The molecule has 3 rings (SSSR count). The lowest BCUT2D eigenvalue weighted by Gasteiger charge is -2.13. The van der Waals surface area contributed by atoms with Gasteiger partial charge in [-0.25, -0.2) is 0 Å². The van der Waals surface area contributed by atoms with Crippen LogP contribution in [0.1, 0.15) is 16.8 Å². The number of aromatic nitrogens is 1. The van der Waals surface area contributed by atoms with Crippen molar-refractivity contribution in [2.24, 2.45) is 12.0 Å². The van der Waals surface area contributed by atoms with Gasteiger partial charge in [0, 0.05) is 32.8 Å². The van der Waals surface area contributed by atoms with E-state index in [0.29, 0.717) is 16.7 Å². The molecule has 2 heterocycles. The monoisotopic (exact) mass is 508 g/mol. The molecule has 1 aliphatic rings. The summed E-state index contributed by atoms with van der Waals surface area (Å²) in [5.74, 6) is 1.77. The molecule has 2 N–H and O–H groups in total. The zero-order valence-electron chi connectivity index (χ0n) is 14.8. The molecule has 1 aromatic heterocycles. The molecule has 26 heavy (non-hydrogen) atoms. The lowest BCUT2D eigenvalue weighted by atomic mass is 10.1. The highest BCUT2D eigenvalue weighted by atomic mass is 127. The summed E-state index contributed by atoms with van der Waals surface area (Å²) in [4.78, 5) is 4.25. The number of aliphatic imine (C=N–C) groups is 1. The molecule has 0 saturated heterocycles. The lowest BCUT2D eigenvalue weighted by molar-refractivity contribution is 0.357. The van der Waals surface area contributed by atoms with E-state index in [-0.39, 0.29) is 24.0 Å². The molecule has 1 aliphatic heterocycles. The zero-order valence-corrected chi connectivity index (χ0v) is 18.7. The van der Waals surface area contributed by atoms with Crippen molar-refractivity contribution in [1.29, 1.82) is 0 Å². The van der Waals surface area contributed by atoms with Crippen LogP contribution in [0, 0.1) is 0 Å². The fraction of sp³-hybridized carbons (Fsp3) is 0.389. The van der Waals surface area contributed by atoms with Gasteiger partial charge in [-0.1, -0.05) is 35.3 Å². The summed E-state index contributed by atoms with van der Waals surface area (Å²) in [5.41, 5.74) is 3.60. The number of nitrogens with one attached hydrogen (secondary N) is 2. The third kappa shape index (κ3) is 4.98. The van der Waals surface area contributed by atoms with Crippen molar-refractivity contribution in [3.63, 3.8) is 0 Å². The second-order valence-electron chi connectivity index (χ2n) is 5.98. The predicted molar refractivity (Wildman–Crippen MR) is 118 cm³/mol. The van der Waals surface area contributed by atoms with Gasteiger partial charge < -0.3 is 19.9 Å².